The summed E-state index contributed by atoms with van der Waals surface area (Å²) < 4.78 is 0. The van der Waals surface area contributed by atoms with Gasteiger partial charge in [-0.2, -0.15) is 0 Å². The van der Waals surface area contributed by atoms with Crippen molar-refractivity contribution in [2.75, 3.05) is 38.6 Å². The topological polar surface area (TPSA) is 43.9 Å². The van der Waals surface area contributed by atoms with Crippen LogP contribution in [0.2, 0.25) is 0 Å². The van der Waals surface area contributed by atoms with Crippen LogP contribution in [0.5, 0.6) is 0 Å². The zero-order valence-corrected chi connectivity index (χ0v) is 19.5. The number of piperidine rings is 1. The van der Waals surface area contributed by atoms with Crippen molar-refractivity contribution in [2.24, 2.45) is 5.92 Å². The monoisotopic (exact) mass is 421 g/mol. The van der Waals surface area contributed by atoms with E-state index in [1.807, 2.05) is 56.8 Å². The molecule has 1 saturated heterocycles. The minimum atomic E-state index is -0.135. The minimum Gasteiger partial charge on any atom is -0.378 e. The molecule has 31 heavy (non-hydrogen) atoms. The molecule has 1 aliphatic heterocycles. The van der Waals surface area contributed by atoms with Crippen molar-refractivity contribution in [3.05, 3.63) is 64.7 Å². The molecular formula is C26H35N3O2. The van der Waals surface area contributed by atoms with E-state index in [4.69, 9.17) is 0 Å². The molecule has 1 fully saturated rings. The highest BCUT2D eigenvalue weighted by atomic mass is 16.2. The second kappa shape index (κ2) is 9.99. The summed E-state index contributed by atoms with van der Waals surface area (Å²) >= 11 is 0. The smallest absolute Gasteiger partial charge is 0.253 e. The number of hydrogen-bond acceptors (Lipinski definition) is 3. The van der Waals surface area contributed by atoms with Gasteiger partial charge < -0.3 is 14.7 Å². The molecule has 1 unspecified atom stereocenters. The molecule has 2 amide bonds. The van der Waals surface area contributed by atoms with Gasteiger partial charge in [-0.15, -0.1) is 0 Å². The Morgan fingerprint density at radius 1 is 1.03 bits per heavy atom. The van der Waals surface area contributed by atoms with Crippen LogP contribution in [0.15, 0.2) is 42.5 Å². The summed E-state index contributed by atoms with van der Waals surface area (Å²) in [7, 11) is 4.04. The predicted molar refractivity (Wildman–Crippen MR) is 126 cm³/mol. The van der Waals surface area contributed by atoms with Crippen molar-refractivity contribution in [1.82, 2.24) is 9.80 Å². The van der Waals surface area contributed by atoms with Gasteiger partial charge in [0, 0.05) is 51.5 Å². The third-order valence-electron chi connectivity index (χ3n) is 6.05. The molecule has 3 rings (SSSR count). The van der Waals surface area contributed by atoms with Crippen LogP contribution in [-0.2, 0) is 11.3 Å². The van der Waals surface area contributed by atoms with Crippen molar-refractivity contribution in [1.29, 1.82) is 0 Å². The number of likely N-dealkylation sites (tertiary alicyclic amines) is 1. The van der Waals surface area contributed by atoms with Crippen LogP contribution in [-0.4, -0.2) is 55.3 Å². The Kier molecular flexibility index (Phi) is 7.37. The Bertz CT molecular complexity index is 900. The summed E-state index contributed by atoms with van der Waals surface area (Å²) in [4.78, 5) is 32.2. The number of benzene rings is 2. The Hall–Kier alpha value is -2.82. The molecule has 0 aromatic heterocycles. The molecular weight excluding hydrogens is 386 g/mol. The van der Waals surface area contributed by atoms with Crippen molar-refractivity contribution in [2.45, 2.75) is 40.2 Å². The number of amides is 2. The third-order valence-corrected chi connectivity index (χ3v) is 6.05. The first kappa shape index (κ1) is 22.9. The summed E-state index contributed by atoms with van der Waals surface area (Å²) in [6, 6.07) is 14.3. The van der Waals surface area contributed by atoms with Crippen LogP contribution in [0.1, 0.15) is 46.8 Å². The zero-order valence-electron chi connectivity index (χ0n) is 19.5. The van der Waals surface area contributed by atoms with Gasteiger partial charge in [0.15, 0.2) is 0 Å². The highest BCUT2D eigenvalue weighted by molar-refractivity contribution is 5.95. The lowest BCUT2D eigenvalue weighted by molar-refractivity contribution is -0.137. The molecule has 1 atom stereocenters. The number of hydrogen-bond donors (Lipinski definition) is 0. The quantitative estimate of drug-likeness (QED) is 0.700. The van der Waals surface area contributed by atoms with Crippen molar-refractivity contribution in [3.8, 4) is 0 Å². The van der Waals surface area contributed by atoms with E-state index >= 15 is 0 Å². The van der Waals surface area contributed by atoms with Gasteiger partial charge in [-0.05, 0) is 63.4 Å². The Labute approximate surface area is 186 Å². The van der Waals surface area contributed by atoms with E-state index in [9.17, 15) is 9.59 Å². The van der Waals surface area contributed by atoms with Gasteiger partial charge in [-0.1, -0.05) is 29.3 Å². The van der Waals surface area contributed by atoms with Crippen LogP contribution in [0.25, 0.3) is 0 Å². The number of nitrogens with zero attached hydrogens (tertiary/aromatic N) is 3. The molecule has 5 nitrogen and oxygen atoms in total. The van der Waals surface area contributed by atoms with E-state index in [0.717, 1.165) is 40.8 Å². The standard InChI is InChI=1S/C26H35N3O2/c1-6-28(17-21-9-11-24(12-10-21)27(4)5)25(30)22-8-7-13-29(18-22)26(31)23-15-19(2)14-20(3)16-23/h9-12,14-16,22H,6-8,13,17-18H2,1-5H3. The number of aryl methyl sites for hydroxylation is 2. The molecule has 2 aromatic rings. The lowest BCUT2D eigenvalue weighted by Crippen LogP contribution is -2.46. The van der Waals surface area contributed by atoms with Gasteiger partial charge >= 0.3 is 0 Å². The van der Waals surface area contributed by atoms with E-state index in [2.05, 4.69) is 35.2 Å². The van der Waals surface area contributed by atoms with Crippen LogP contribution in [0.4, 0.5) is 5.69 Å². The van der Waals surface area contributed by atoms with Gasteiger partial charge in [0.25, 0.3) is 5.91 Å². The van der Waals surface area contributed by atoms with Crippen LogP contribution in [0, 0.1) is 19.8 Å². The first-order chi connectivity index (χ1) is 14.8. The van der Waals surface area contributed by atoms with E-state index in [-0.39, 0.29) is 17.7 Å². The Balaban J connectivity index is 1.67. The molecule has 1 aliphatic rings. The first-order valence-corrected chi connectivity index (χ1v) is 11.2. The molecule has 0 aliphatic carbocycles. The maximum absolute atomic E-state index is 13.3. The number of carbonyl (C=O) groups excluding carboxylic acids is 2. The summed E-state index contributed by atoms with van der Waals surface area (Å²) in [5.41, 5.74) is 5.17. The van der Waals surface area contributed by atoms with Gasteiger partial charge in [0.1, 0.15) is 0 Å². The van der Waals surface area contributed by atoms with Crippen LogP contribution >= 0.6 is 0 Å². The fourth-order valence-electron chi connectivity index (χ4n) is 4.37. The summed E-state index contributed by atoms with van der Waals surface area (Å²) in [5.74, 6) is 0.0494. The summed E-state index contributed by atoms with van der Waals surface area (Å²) in [5, 5.41) is 0. The van der Waals surface area contributed by atoms with Crippen LogP contribution in [0.3, 0.4) is 0 Å². The summed E-state index contributed by atoms with van der Waals surface area (Å²) in [6.07, 6.45) is 1.70. The third kappa shape index (κ3) is 5.66. The van der Waals surface area contributed by atoms with Crippen molar-refractivity contribution >= 4 is 17.5 Å². The van der Waals surface area contributed by atoms with E-state index in [0.29, 0.717) is 26.2 Å². The SMILES string of the molecule is CCN(Cc1ccc(N(C)C)cc1)C(=O)C1CCCN(C(=O)c2cc(C)cc(C)c2)C1. The van der Waals surface area contributed by atoms with Crippen molar-refractivity contribution < 1.29 is 9.59 Å². The first-order valence-electron chi connectivity index (χ1n) is 11.2. The largest absolute Gasteiger partial charge is 0.378 e. The highest BCUT2D eigenvalue weighted by Crippen LogP contribution is 2.23. The average molecular weight is 422 g/mol. The molecule has 1 heterocycles. The lowest BCUT2D eigenvalue weighted by atomic mass is 9.95. The maximum Gasteiger partial charge on any atom is 0.253 e. The van der Waals surface area contributed by atoms with Crippen LogP contribution < -0.4 is 4.90 Å². The molecule has 0 spiro atoms. The molecule has 0 radical (unpaired) electrons. The molecule has 5 heteroatoms. The highest BCUT2D eigenvalue weighted by Gasteiger charge is 2.31. The maximum atomic E-state index is 13.3. The van der Waals surface area contributed by atoms with Crippen molar-refractivity contribution in [3.63, 3.8) is 0 Å². The molecule has 0 N–H and O–H groups in total. The second-order valence-electron chi connectivity index (χ2n) is 8.88. The Morgan fingerprint density at radius 2 is 1.68 bits per heavy atom. The average Bonchev–Trinajstić information content (AvgIpc) is 2.76. The van der Waals surface area contributed by atoms with E-state index in [1.165, 1.54) is 0 Å². The predicted octanol–water partition coefficient (Wildman–Crippen LogP) is 4.27. The number of carbonyl (C=O) groups is 2. The molecule has 0 bridgehead atoms. The zero-order chi connectivity index (χ0) is 22.5. The van der Waals surface area contributed by atoms with Gasteiger partial charge in [0.05, 0.1) is 5.92 Å². The van der Waals surface area contributed by atoms with Gasteiger partial charge in [-0.25, -0.2) is 0 Å². The fraction of sp³-hybridized carbons (Fsp3) is 0.462. The van der Waals surface area contributed by atoms with E-state index in [1.54, 1.807) is 0 Å². The molecule has 2 aromatic carbocycles. The minimum absolute atomic E-state index is 0.0339. The Morgan fingerprint density at radius 3 is 2.26 bits per heavy atom. The number of anilines is 1. The second-order valence-corrected chi connectivity index (χ2v) is 8.88. The van der Waals surface area contributed by atoms with E-state index < -0.39 is 0 Å². The fourth-order valence-corrected chi connectivity index (χ4v) is 4.37. The normalized spacial score (nSPS) is 16.2. The van der Waals surface area contributed by atoms with Gasteiger partial charge in [0.2, 0.25) is 5.91 Å². The van der Waals surface area contributed by atoms with Gasteiger partial charge in [-0.3, -0.25) is 9.59 Å². The molecule has 166 valence electrons. The lowest BCUT2D eigenvalue weighted by Gasteiger charge is -2.35. The number of rotatable bonds is 6. The molecule has 0 saturated carbocycles. The summed E-state index contributed by atoms with van der Waals surface area (Å²) in [6.45, 7) is 8.52.